The van der Waals surface area contributed by atoms with Gasteiger partial charge in [-0.25, -0.2) is 9.59 Å². The van der Waals surface area contributed by atoms with Crippen molar-refractivity contribution < 1.29 is 29.0 Å². The molecule has 2 fully saturated rings. The van der Waals surface area contributed by atoms with Gasteiger partial charge in [-0.1, -0.05) is 54.6 Å². The fourth-order valence-corrected chi connectivity index (χ4v) is 4.08. The predicted octanol–water partition coefficient (Wildman–Crippen LogP) is 2.20. The number of nitrogens with zero attached hydrogens (tertiary/aromatic N) is 1. The number of carbonyl (C=O) groups is 4. The van der Waals surface area contributed by atoms with Gasteiger partial charge in [0.05, 0.1) is 0 Å². The Morgan fingerprint density at radius 1 is 1.00 bits per heavy atom. The second-order valence-electron chi connectivity index (χ2n) is 9.08. The highest BCUT2D eigenvalue weighted by molar-refractivity contribution is 6.04. The molecule has 1 heterocycles. The smallest absolute Gasteiger partial charge is 0.413 e. The average Bonchev–Trinajstić information content (AvgIpc) is 3.70. The first kappa shape index (κ1) is 25.7. The predicted molar refractivity (Wildman–Crippen MR) is 133 cm³/mol. The lowest BCUT2D eigenvalue weighted by molar-refractivity contribution is -0.149. The number of likely N-dealkylation sites (tertiary alicyclic amines) is 1. The number of nitrogens with one attached hydrogen (secondary N) is 4. The Morgan fingerprint density at radius 2 is 1.70 bits per heavy atom. The molecule has 4 amide bonds. The lowest BCUT2D eigenvalue weighted by Gasteiger charge is -2.41. The maximum Gasteiger partial charge on any atom is 0.413 e. The van der Waals surface area contributed by atoms with Crippen LogP contribution in [0.3, 0.4) is 0 Å². The highest BCUT2D eigenvalue weighted by Crippen LogP contribution is 2.34. The molecule has 1 aliphatic heterocycles. The number of amidine groups is 1. The Morgan fingerprint density at radius 3 is 2.30 bits per heavy atom. The van der Waals surface area contributed by atoms with E-state index in [4.69, 9.17) is 15.3 Å². The standard InChI is InChI=1S/C26H29N5O6/c27-22(30-26(36)37-15-17-4-2-1-3-5-17)19-8-6-16(7-9-19)14-28-23(32)20-12-13-31(20)24(33)21(18-10-11-18)29-25(34)35/h1-9,18,20-21,29H,10-15H2,(H,28,32)(H,34,35)(H2,27,30,36)/t20-,21?/m0/s1. The number of benzene rings is 2. The van der Waals surface area contributed by atoms with Crippen molar-refractivity contribution in [2.24, 2.45) is 5.92 Å². The molecule has 11 nitrogen and oxygen atoms in total. The Labute approximate surface area is 213 Å². The quantitative estimate of drug-likeness (QED) is 0.258. The maximum atomic E-state index is 12.8. The van der Waals surface area contributed by atoms with Crippen LogP contribution >= 0.6 is 0 Å². The van der Waals surface area contributed by atoms with Gasteiger partial charge in [0.25, 0.3) is 0 Å². The third-order valence-corrected chi connectivity index (χ3v) is 6.39. The van der Waals surface area contributed by atoms with E-state index in [1.165, 1.54) is 4.90 Å². The zero-order chi connectivity index (χ0) is 26.4. The van der Waals surface area contributed by atoms with E-state index in [-0.39, 0.29) is 36.7 Å². The lowest BCUT2D eigenvalue weighted by atomic mass is 9.99. The van der Waals surface area contributed by atoms with Crippen LogP contribution in [0.5, 0.6) is 0 Å². The van der Waals surface area contributed by atoms with Crippen molar-refractivity contribution in [2.45, 2.75) is 44.5 Å². The molecule has 194 valence electrons. The van der Waals surface area contributed by atoms with Gasteiger partial charge in [0.1, 0.15) is 24.5 Å². The van der Waals surface area contributed by atoms with Crippen LogP contribution < -0.4 is 16.0 Å². The van der Waals surface area contributed by atoms with Crippen molar-refractivity contribution in [3.8, 4) is 0 Å². The van der Waals surface area contributed by atoms with Gasteiger partial charge in [0.15, 0.2) is 0 Å². The van der Waals surface area contributed by atoms with Gasteiger partial charge in [0.2, 0.25) is 11.8 Å². The topological polar surface area (TPSA) is 161 Å². The molecule has 2 aromatic rings. The molecule has 1 saturated carbocycles. The molecule has 2 atom stereocenters. The molecule has 0 aromatic heterocycles. The number of amides is 4. The normalized spacial score (nSPS) is 17.1. The zero-order valence-corrected chi connectivity index (χ0v) is 20.1. The van der Waals surface area contributed by atoms with Crippen LogP contribution in [0.15, 0.2) is 54.6 Å². The van der Waals surface area contributed by atoms with Gasteiger partial charge in [-0.15, -0.1) is 0 Å². The van der Waals surface area contributed by atoms with Crippen molar-refractivity contribution in [1.29, 1.82) is 5.41 Å². The summed E-state index contributed by atoms with van der Waals surface area (Å²) in [6, 6.07) is 14.5. The molecular formula is C26H29N5O6. The van der Waals surface area contributed by atoms with Gasteiger partial charge < -0.3 is 25.4 Å². The van der Waals surface area contributed by atoms with E-state index >= 15 is 0 Å². The first-order chi connectivity index (χ1) is 17.8. The maximum absolute atomic E-state index is 12.8. The summed E-state index contributed by atoms with van der Waals surface area (Å²) >= 11 is 0. The number of rotatable bonds is 9. The minimum Gasteiger partial charge on any atom is -0.465 e. The van der Waals surface area contributed by atoms with Gasteiger partial charge in [-0.3, -0.25) is 20.3 Å². The van der Waals surface area contributed by atoms with E-state index in [9.17, 15) is 19.2 Å². The molecular weight excluding hydrogens is 478 g/mol. The number of hydrogen-bond acceptors (Lipinski definition) is 6. The van der Waals surface area contributed by atoms with E-state index in [0.29, 0.717) is 18.5 Å². The molecule has 4 rings (SSSR count). The van der Waals surface area contributed by atoms with Gasteiger partial charge >= 0.3 is 12.2 Å². The van der Waals surface area contributed by atoms with Crippen molar-refractivity contribution in [1.82, 2.24) is 20.9 Å². The van der Waals surface area contributed by atoms with Crippen LogP contribution in [-0.4, -0.2) is 58.5 Å². The first-order valence-electron chi connectivity index (χ1n) is 12.0. The Balaban J connectivity index is 1.22. The Bertz CT molecular complexity index is 1170. The largest absolute Gasteiger partial charge is 0.465 e. The Hall–Kier alpha value is -4.41. The van der Waals surface area contributed by atoms with Crippen LogP contribution in [0.25, 0.3) is 0 Å². The van der Waals surface area contributed by atoms with Crippen LogP contribution in [0.4, 0.5) is 9.59 Å². The lowest BCUT2D eigenvalue weighted by Crippen LogP contribution is -2.62. The summed E-state index contributed by atoms with van der Waals surface area (Å²) in [5.74, 6) is -0.777. The fourth-order valence-electron chi connectivity index (χ4n) is 4.08. The minimum atomic E-state index is -1.25. The molecule has 37 heavy (non-hydrogen) atoms. The van der Waals surface area contributed by atoms with E-state index in [1.807, 2.05) is 30.3 Å². The van der Waals surface area contributed by atoms with Crippen LogP contribution in [0, 0.1) is 11.3 Å². The monoisotopic (exact) mass is 507 g/mol. The van der Waals surface area contributed by atoms with Crippen molar-refractivity contribution in [3.63, 3.8) is 0 Å². The SMILES string of the molecule is N=C(NC(=O)OCc1ccccc1)c1ccc(CNC(=O)[C@@H]2CCN2C(=O)C(NC(=O)O)C2CC2)cc1. The Kier molecular flexibility index (Phi) is 8.02. The van der Waals surface area contributed by atoms with Crippen LogP contribution in [0.1, 0.15) is 36.0 Å². The number of hydrogen-bond donors (Lipinski definition) is 5. The summed E-state index contributed by atoms with van der Waals surface area (Å²) in [7, 11) is 0. The van der Waals surface area contributed by atoms with Crippen molar-refractivity contribution in [3.05, 3.63) is 71.3 Å². The van der Waals surface area contributed by atoms with Crippen molar-refractivity contribution >= 4 is 29.8 Å². The molecule has 0 spiro atoms. The number of ether oxygens (including phenoxy) is 1. The molecule has 2 aromatic carbocycles. The number of carbonyl (C=O) groups excluding carboxylic acids is 3. The first-order valence-corrected chi connectivity index (χ1v) is 12.0. The van der Waals surface area contributed by atoms with Gasteiger partial charge in [-0.05, 0) is 36.3 Å². The van der Waals surface area contributed by atoms with Crippen LogP contribution in [-0.2, 0) is 27.5 Å². The van der Waals surface area contributed by atoms with Gasteiger partial charge in [-0.2, -0.15) is 0 Å². The van der Waals surface area contributed by atoms with Crippen LogP contribution in [0.2, 0.25) is 0 Å². The molecule has 5 N–H and O–H groups in total. The molecule has 0 bridgehead atoms. The van der Waals surface area contributed by atoms with E-state index < -0.39 is 24.3 Å². The highest BCUT2D eigenvalue weighted by atomic mass is 16.5. The molecule has 11 heteroatoms. The molecule has 1 unspecified atom stereocenters. The second-order valence-corrected chi connectivity index (χ2v) is 9.08. The van der Waals surface area contributed by atoms with Crippen molar-refractivity contribution in [2.75, 3.05) is 6.54 Å². The third kappa shape index (κ3) is 6.84. The molecule has 0 radical (unpaired) electrons. The van der Waals surface area contributed by atoms with E-state index in [0.717, 1.165) is 24.0 Å². The summed E-state index contributed by atoms with van der Waals surface area (Å²) < 4.78 is 5.12. The zero-order valence-electron chi connectivity index (χ0n) is 20.1. The number of alkyl carbamates (subject to hydrolysis) is 1. The minimum absolute atomic E-state index is 0.00892. The molecule has 1 saturated heterocycles. The summed E-state index contributed by atoms with van der Waals surface area (Å²) in [6.07, 6.45) is 0.123. The number of carboxylic acid groups (broad SMARTS) is 1. The van der Waals surface area contributed by atoms with Gasteiger partial charge in [0, 0.05) is 18.7 Å². The third-order valence-electron chi connectivity index (χ3n) is 6.39. The summed E-state index contributed by atoms with van der Waals surface area (Å²) in [4.78, 5) is 49.9. The average molecular weight is 508 g/mol. The fraction of sp³-hybridized carbons (Fsp3) is 0.346. The van der Waals surface area contributed by atoms with E-state index in [1.54, 1.807) is 24.3 Å². The summed E-state index contributed by atoms with van der Waals surface area (Å²) in [6.45, 7) is 0.732. The molecule has 2 aliphatic rings. The summed E-state index contributed by atoms with van der Waals surface area (Å²) in [5.41, 5.74) is 2.08. The molecule has 1 aliphatic carbocycles. The second kappa shape index (κ2) is 11.5. The van der Waals surface area contributed by atoms with E-state index in [2.05, 4.69) is 16.0 Å². The summed E-state index contributed by atoms with van der Waals surface area (Å²) in [5, 5.41) is 24.6. The highest BCUT2D eigenvalue weighted by Gasteiger charge is 2.45.